The van der Waals surface area contributed by atoms with Gasteiger partial charge in [0.1, 0.15) is 5.75 Å². The molecule has 2 aromatic rings. The molecule has 1 amide bonds. The Hall–Kier alpha value is -2.34. The average Bonchev–Trinajstić information content (AvgIpc) is 2.47. The third kappa shape index (κ3) is 4.08. The third-order valence-corrected chi connectivity index (χ3v) is 2.98. The molecule has 1 aromatic heterocycles. The number of hydrogen-bond acceptors (Lipinski definition) is 5. The highest BCUT2D eigenvalue weighted by molar-refractivity contribution is 6.31. The second kappa shape index (κ2) is 7.09. The lowest BCUT2D eigenvalue weighted by Crippen LogP contribution is -2.30. The van der Waals surface area contributed by atoms with Crippen LogP contribution < -0.4 is 15.4 Å². The number of aromatic nitrogens is 2. The van der Waals surface area contributed by atoms with E-state index in [1.807, 2.05) is 13.8 Å². The van der Waals surface area contributed by atoms with E-state index in [2.05, 4.69) is 20.8 Å². The summed E-state index contributed by atoms with van der Waals surface area (Å²) < 4.78 is 5.24. The molecule has 2 N–H and O–H groups in total. The minimum absolute atomic E-state index is 0.0443. The first-order valence-electron chi connectivity index (χ1n) is 6.74. The molecule has 0 radical (unpaired) electrons. The van der Waals surface area contributed by atoms with Gasteiger partial charge in [-0.3, -0.25) is 4.79 Å². The molecule has 0 aliphatic rings. The Bertz CT molecular complexity index is 659. The molecule has 22 heavy (non-hydrogen) atoms. The summed E-state index contributed by atoms with van der Waals surface area (Å²) in [6.45, 7) is 3.76. The molecule has 7 heteroatoms. The van der Waals surface area contributed by atoms with Gasteiger partial charge in [-0.25, -0.2) is 0 Å². The predicted octanol–water partition coefficient (Wildman–Crippen LogP) is 3.02. The van der Waals surface area contributed by atoms with Gasteiger partial charge in [-0.15, -0.1) is 10.2 Å². The van der Waals surface area contributed by atoms with Gasteiger partial charge in [0.25, 0.3) is 5.91 Å². The fourth-order valence-corrected chi connectivity index (χ4v) is 1.94. The van der Waals surface area contributed by atoms with E-state index in [-0.39, 0.29) is 17.6 Å². The highest BCUT2D eigenvalue weighted by atomic mass is 35.5. The second-order valence-electron chi connectivity index (χ2n) is 4.90. The second-order valence-corrected chi connectivity index (χ2v) is 5.34. The van der Waals surface area contributed by atoms with Crippen LogP contribution in [-0.4, -0.2) is 29.3 Å². The molecule has 1 heterocycles. The molecule has 0 saturated heterocycles. The van der Waals surface area contributed by atoms with Crippen LogP contribution in [0.1, 0.15) is 24.3 Å². The van der Waals surface area contributed by atoms with E-state index in [1.165, 1.54) is 0 Å². The van der Waals surface area contributed by atoms with Crippen molar-refractivity contribution in [1.29, 1.82) is 0 Å². The van der Waals surface area contributed by atoms with Crippen LogP contribution in [0.2, 0.25) is 5.02 Å². The van der Waals surface area contributed by atoms with E-state index >= 15 is 0 Å². The minimum atomic E-state index is -0.255. The Kier molecular flexibility index (Phi) is 5.16. The van der Waals surface area contributed by atoms with Crippen LogP contribution in [0, 0.1) is 0 Å². The number of methoxy groups -OCH3 is 1. The van der Waals surface area contributed by atoms with Gasteiger partial charge >= 0.3 is 0 Å². The maximum atomic E-state index is 11.8. The van der Waals surface area contributed by atoms with Gasteiger partial charge in [0.05, 0.1) is 12.8 Å². The number of hydrogen-bond donors (Lipinski definition) is 2. The summed E-state index contributed by atoms with van der Waals surface area (Å²) in [7, 11) is 1.57. The number of ether oxygens (including phenoxy) is 1. The van der Waals surface area contributed by atoms with Crippen LogP contribution in [0.15, 0.2) is 30.3 Å². The number of nitrogens with zero attached hydrogens (tertiary/aromatic N) is 2. The van der Waals surface area contributed by atoms with Crippen molar-refractivity contribution in [2.45, 2.75) is 19.9 Å². The summed E-state index contributed by atoms with van der Waals surface area (Å²) in [4.78, 5) is 11.8. The largest absolute Gasteiger partial charge is 0.495 e. The van der Waals surface area contributed by atoms with Gasteiger partial charge in [-0.05, 0) is 44.2 Å². The van der Waals surface area contributed by atoms with Crippen LogP contribution in [0.4, 0.5) is 11.5 Å². The van der Waals surface area contributed by atoms with Crippen molar-refractivity contribution in [1.82, 2.24) is 15.5 Å². The first-order valence-corrected chi connectivity index (χ1v) is 7.12. The van der Waals surface area contributed by atoms with Gasteiger partial charge in [-0.1, -0.05) is 11.6 Å². The van der Waals surface area contributed by atoms with E-state index in [4.69, 9.17) is 16.3 Å². The van der Waals surface area contributed by atoms with Gasteiger partial charge in [0.15, 0.2) is 11.5 Å². The monoisotopic (exact) mass is 320 g/mol. The fraction of sp³-hybridized carbons (Fsp3) is 0.267. The SMILES string of the molecule is COc1ccc(Cl)cc1Nc1ccc(C(=O)NC(C)C)nn1. The maximum Gasteiger partial charge on any atom is 0.271 e. The van der Waals surface area contributed by atoms with Crippen molar-refractivity contribution >= 4 is 29.0 Å². The van der Waals surface area contributed by atoms with Crippen LogP contribution in [0.5, 0.6) is 5.75 Å². The highest BCUT2D eigenvalue weighted by Gasteiger charge is 2.10. The lowest BCUT2D eigenvalue weighted by atomic mass is 10.3. The first-order chi connectivity index (χ1) is 10.5. The molecule has 2 rings (SSSR count). The molecule has 0 spiro atoms. The summed E-state index contributed by atoms with van der Waals surface area (Å²) in [5.41, 5.74) is 0.931. The first kappa shape index (κ1) is 16.0. The van der Waals surface area contributed by atoms with Gasteiger partial charge in [0.2, 0.25) is 0 Å². The summed E-state index contributed by atoms with van der Waals surface area (Å²) in [6.07, 6.45) is 0. The number of benzene rings is 1. The Morgan fingerprint density at radius 3 is 2.59 bits per heavy atom. The van der Waals surface area contributed by atoms with Crippen molar-refractivity contribution in [3.8, 4) is 5.75 Å². The van der Waals surface area contributed by atoms with Crippen molar-refractivity contribution < 1.29 is 9.53 Å². The number of halogens is 1. The Balaban J connectivity index is 2.15. The molecule has 0 fully saturated rings. The van der Waals surface area contributed by atoms with Crippen LogP contribution >= 0.6 is 11.6 Å². The third-order valence-electron chi connectivity index (χ3n) is 2.74. The van der Waals surface area contributed by atoms with Crippen molar-refractivity contribution in [2.75, 3.05) is 12.4 Å². The van der Waals surface area contributed by atoms with Crippen LogP contribution in [-0.2, 0) is 0 Å². The van der Waals surface area contributed by atoms with Crippen molar-refractivity contribution in [2.24, 2.45) is 0 Å². The highest BCUT2D eigenvalue weighted by Crippen LogP contribution is 2.29. The molecule has 0 aliphatic heterocycles. The number of rotatable bonds is 5. The number of amides is 1. The van der Waals surface area contributed by atoms with Crippen molar-refractivity contribution in [3.05, 3.63) is 41.0 Å². The Morgan fingerprint density at radius 2 is 2.00 bits per heavy atom. The summed E-state index contributed by atoms with van der Waals surface area (Å²) in [5.74, 6) is 0.865. The van der Waals surface area contributed by atoms with E-state index in [0.29, 0.717) is 22.3 Å². The Labute approximate surface area is 133 Å². The zero-order valence-electron chi connectivity index (χ0n) is 12.6. The molecular formula is C15H17ClN4O2. The molecule has 0 saturated carbocycles. The predicted molar refractivity (Wildman–Crippen MR) is 85.9 cm³/mol. The molecule has 6 nitrogen and oxygen atoms in total. The Morgan fingerprint density at radius 1 is 1.23 bits per heavy atom. The molecule has 0 aliphatic carbocycles. The number of carbonyl (C=O) groups excluding carboxylic acids is 1. The quantitative estimate of drug-likeness (QED) is 0.885. The fourth-order valence-electron chi connectivity index (χ4n) is 1.77. The lowest BCUT2D eigenvalue weighted by Gasteiger charge is -2.11. The van der Waals surface area contributed by atoms with E-state index in [0.717, 1.165) is 0 Å². The normalized spacial score (nSPS) is 10.4. The standard InChI is InChI=1S/C15H17ClN4O2/c1-9(2)17-15(21)11-5-7-14(20-19-11)18-12-8-10(16)4-6-13(12)22-3/h4-9H,1-3H3,(H,17,21)(H,18,20). The summed E-state index contributed by atoms with van der Waals surface area (Å²) >= 11 is 5.97. The molecule has 116 valence electrons. The topological polar surface area (TPSA) is 76.1 Å². The van der Waals surface area contributed by atoms with Gasteiger partial charge in [-0.2, -0.15) is 0 Å². The number of nitrogens with one attached hydrogen (secondary N) is 2. The number of anilines is 2. The van der Waals surface area contributed by atoms with Crippen LogP contribution in [0.25, 0.3) is 0 Å². The van der Waals surface area contributed by atoms with Gasteiger partial charge in [0, 0.05) is 11.1 Å². The van der Waals surface area contributed by atoms with E-state index < -0.39 is 0 Å². The zero-order valence-corrected chi connectivity index (χ0v) is 13.3. The smallest absolute Gasteiger partial charge is 0.271 e. The van der Waals surface area contributed by atoms with E-state index in [9.17, 15) is 4.79 Å². The van der Waals surface area contributed by atoms with E-state index in [1.54, 1.807) is 37.4 Å². The molecule has 0 unspecified atom stereocenters. The van der Waals surface area contributed by atoms with Crippen LogP contribution in [0.3, 0.4) is 0 Å². The summed E-state index contributed by atoms with van der Waals surface area (Å²) in [5, 5.41) is 14.3. The molecule has 0 atom stereocenters. The molecule has 1 aromatic carbocycles. The van der Waals surface area contributed by atoms with Crippen molar-refractivity contribution in [3.63, 3.8) is 0 Å². The zero-order chi connectivity index (χ0) is 16.1. The average molecular weight is 321 g/mol. The van der Waals surface area contributed by atoms with Gasteiger partial charge < -0.3 is 15.4 Å². The summed E-state index contributed by atoms with van der Waals surface area (Å²) in [6, 6.07) is 8.52. The number of carbonyl (C=O) groups is 1. The molecule has 0 bridgehead atoms. The minimum Gasteiger partial charge on any atom is -0.495 e. The maximum absolute atomic E-state index is 11.8. The molecular weight excluding hydrogens is 304 g/mol. The lowest BCUT2D eigenvalue weighted by molar-refractivity contribution is 0.0937.